The van der Waals surface area contributed by atoms with Gasteiger partial charge in [-0.25, -0.2) is 0 Å². The van der Waals surface area contributed by atoms with Crippen LogP contribution in [0, 0.1) is 0 Å². The lowest BCUT2D eigenvalue weighted by molar-refractivity contribution is 0.906. The Morgan fingerprint density at radius 2 is 2.25 bits per heavy atom. The smallest absolute Gasteiger partial charge is 0.0485 e. The third kappa shape index (κ3) is 1.60. The molecule has 1 rings (SSSR count). The summed E-state index contributed by atoms with van der Waals surface area (Å²) in [4.78, 5) is 3.97. The van der Waals surface area contributed by atoms with Crippen LogP contribution < -0.4 is 5.73 Å². The summed E-state index contributed by atoms with van der Waals surface area (Å²) in [5.74, 6) is 0. The second kappa shape index (κ2) is 3.83. The van der Waals surface area contributed by atoms with Gasteiger partial charge in [-0.15, -0.1) is 6.58 Å². The van der Waals surface area contributed by atoms with E-state index in [2.05, 4.69) is 18.1 Å². The highest BCUT2D eigenvalue weighted by atomic mass is 14.7. The molecular formula is C10H12N2. The summed E-state index contributed by atoms with van der Waals surface area (Å²) < 4.78 is 0. The van der Waals surface area contributed by atoms with Crippen molar-refractivity contribution in [2.75, 3.05) is 0 Å². The second-order valence-corrected chi connectivity index (χ2v) is 2.47. The normalized spacial score (nSPS) is 12.1. The van der Waals surface area contributed by atoms with Crippen LogP contribution in [-0.2, 0) is 0 Å². The van der Waals surface area contributed by atoms with E-state index < -0.39 is 0 Å². The Bertz CT molecular complexity index is 292. The van der Waals surface area contributed by atoms with Crippen molar-refractivity contribution in [2.45, 2.75) is 6.04 Å². The molecule has 0 aromatic carbocycles. The highest BCUT2D eigenvalue weighted by molar-refractivity contribution is 5.51. The minimum Gasteiger partial charge on any atom is -0.321 e. The van der Waals surface area contributed by atoms with E-state index in [1.165, 1.54) is 0 Å². The Balaban J connectivity index is 3.12. The van der Waals surface area contributed by atoms with Gasteiger partial charge in [-0.1, -0.05) is 18.7 Å². The van der Waals surface area contributed by atoms with Gasteiger partial charge in [0.15, 0.2) is 0 Å². The molecule has 0 bridgehead atoms. The lowest BCUT2D eigenvalue weighted by Crippen LogP contribution is -2.08. The van der Waals surface area contributed by atoms with Crippen LogP contribution in [0.5, 0.6) is 0 Å². The molecule has 12 heavy (non-hydrogen) atoms. The van der Waals surface area contributed by atoms with Crippen LogP contribution in [0.2, 0.25) is 0 Å². The SMILES string of the molecule is C=Cc1cnccc1[C@@H](N)C=C. The molecule has 0 saturated heterocycles. The maximum Gasteiger partial charge on any atom is 0.0485 e. The second-order valence-electron chi connectivity index (χ2n) is 2.47. The zero-order valence-electron chi connectivity index (χ0n) is 6.90. The van der Waals surface area contributed by atoms with Gasteiger partial charge in [-0.05, 0) is 17.2 Å². The third-order valence-corrected chi connectivity index (χ3v) is 1.72. The molecule has 1 atom stereocenters. The van der Waals surface area contributed by atoms with Gasteiger partial charge in [0.05, 0.1) is 0 Å². The van der Waals surface area contributed by atoms with Crippen molar-refractivity contribution in [1.29, 1.82) is 0 Å². The van der Waals surface area contributed by atoms with Crippen molar-refractivity contribution >= 4 is 6.08 Å². The number of aromatic nitrogens is 1. The molecule has 2 heteroatoms. The molecule has 2 N–H and O–H groups in total. The Hall–Kier alpha value is -1.41. The van der Waals surface area contributed by atoms with Crippen molar-refractivity contribution in [3.05, 3.63) is 48.8 Å². The Morgan fingerprint density at radius 3 is 2.83 bits per heavy atom. The molecule has 0 aliphatic rings. The molecule has 2 nitrogen and oxygen atoms in total. The van der Waals surface area contributed by atoms with Gasteiger partial charge in [0.1, 0.15) is 0 Å². The molecule has 0 saturated carbocycles. The van der Waals surface area contributed by atoms with E-state index in [0.29, 0.717) is 0 Å². The van der Waals surface area contributed by atoms with Gasteiger partial charge in [0, 0.05) is 18.4 Å². The Labute approximate surface area is 72.4 Å². The Kier molecular flexibility index (Phi) is 2.77. The number of nitrogens with two attached hydrogens (primary N) is 1. The van der Waals surface area contributed by atoms with Crippen molar-refractivity contribution in [3.8, 4) is 0 Å². The van der Waals surface area contributed by atoms with Crippen LogP contribution >= 0.6 is 0 Å². The minimum absolute atomic E-state index is 0.138. The lowest BCUT2D eigenvalue weighted by Gasteiger charge is -2.08. The summed E-state index contributed by atoms with van der Waals surface area (Å²) in [6.07, 6.45) is 6.89. The zero-order chi connectivity index (χ0) is 8.97. The van der Waals surface area contributed by atoms with Gasteiger partial charge in [-0.2, -0.15) is 0 Å². The van der Waals surface area contributed by atoms with E-state index in [-0.39, 0.29) is 6.04 Å². The van der Waals surface area contributed by atoms with Crippen molar-refractivity contribution in [1.82, 2.24) is 4.98 Å². The van der Waals surface area contributed by atoms with E-state index in [9.17, 15) is 0 Å². The van der Waals surface area contributed by atoms with Crippen molar-refractivity contribution in [2.24, 2.45) is 5.73 Å². The summed E-state index contributed by atoms with van der Waals surface area (Å²) in [6.45, 7) is 7.31. The van der Waals surface area contributed by atoms with Crippen LogP contribution in [-0.4, -0.2) is 4.98 Å². The van der Waals surface area contributed by atoms with E-state index in [1.807, 2.05) is 6.07 Å². The van der Waals surface area contributed by atoms with Gasteiger partial charge in [0.2, 0.25) is 0 Å². The van der Waals surface area contributed by atoms with Crippen molar-refractivity contribution < 1.29 is 0 Å². The van der Waals surface area contributed by atoms with Gasteiger partial charge in [-0.3, -0.25) is 4.98 Å². The molecule has 0 radical (unpaired) electrons. The predicted molar refractivity (Wildman–Crippen MR) is 51.5 cm³/mol. The number of pyridine rings is 1. The molecule has 1 aromatic heterocycles. The molecule has 0 aliphatic heterocycles. The molecule has 1 aromatic rings. The molecule has 0 unspecified atom stereocenters. The highest BCUT2D eigenvalue weighted by Crippen LogP contribution is 2.16. The van der Waals surface area contributed by atoms with Gasteiger partial charge >= 0.3 is 0 Å². The van der Waals surface area contributed by atoms with Gasteiger partial charge < -0.3 is 5.73 Å². The quantitative estimate of drug-likeness (QED) is 0.686. The topological polar surface area (TPSA) is 38.9 Å². The number of hydrogen-bond donors (Lipinski definition) is 1. The summed E-state index contributed by atoms with van der Waals surface area (Å²) >= 11 is 0. The fraction of sp³-hybridized carbons (Fsp3) is 0.100. The molecular weight excluding hydrogens is 148 g/mol. The first-order valence-corrected chi connectivity index (χ1v) is 3.74. The fourth-order valence-electron chi connectivity index (χ4n) is 1.02. The average Bonchev–Trinajstić information content (AvgIpc) is 2.16. The third-order valence-electron chi connectivity index (χ3n) is 1.72. The number of nitrogens with zero attached hydrogens (tertiary/aromatic N) is 1. The first-order chi connectivity index (χ1) is 5.79. The van der Waals surface area contributed by atoms with Crippen LogP contribution in [0.15, 0.2) is 37.7 Å². The lowest BCUT2D eigenvalue weighted by atomic mass is 10.0. The van der Waals surface area contributed by atoms with Crippen LogP contribution in [0.25, 0.3) is 6.08 Å². The summed E-state index contributed by atoms with van der Waals surface area (Å²) in [5.41, 5.74) is 7.75. The monoisotopic (exact) mass is 160 g/mol. The fourth-order valence-corrected chi connectivity index (χ4v) is 1.02. The zero-order valence-corrected chi connectivity index (χ0v) is 6.90. The van der Waals surface area contributed by atoms with E-state index in [0.717, 1.165) is 11.1 Å². The molecule has 62 valence electrons. The minimum atomic E-state index is -0.138. The first-order valence-electron chi connectivity index (χ1n) is 3.74. The predicted octanol–water partition coefficient (Wildman–Crippen LogP) is 1.91. The maximum atomic E-state index is 5.78. The largest absolute Gasteiger partial charge is 0.321 e. The standard InChI is InChI=1S/C10H12N2/c1-3-8-7-12-6-5-9(8)10(11)4-2/h3-7,10H,1-2,11H2/t10-/m0/s1. The van der Waals surface area contributed by atoms with Gasteiger partial charge in [0.25, 0.3) is 0 Å². The number of rotatable bonds is 3. The Morgan fingerprint density at radius 1 is 1.50 bits per heavy atom. The van der Waals surface area contributed by atoms with Crippen molar-refractivity contribution in [3.63, 3.8) is 0 Å². The van der Waals surface area contributed by atoms with Crippen LogP contribution in [0.1, 0.15) is 17.2 Å². The maximum absolute atomic E-state index is 5.78. The molecule has 0 spiro atoms. The highest BCUT2D eigenvalue weighted by Gasteiger charge is 2.04. The van der Waals surface area contributed by atoms with E-state index in [1.54, 1.807) is 24.5 Å². The van der Waals surface area contributed by atoms with E-state index >= 15 is 0 Å². The first kappa shape index (κ1) is 8.68. The van der Waals surface area contributed by atoms with E-state index in [4.69, 9.17) is 5.73 Å². The molecule has 1 heterocycles. The molecule has 0 amide bonds. The summed E-state index contributed by atoms with van der Waals surface area (Å²) in [6, 6.07) is 1.74. The van der Waals surface area contributed by atoms with Crippen LogP contribution in [0.4, 0.5) is 0 Å². The summed E-state index contributed by atoms with van der Waals surface area (Å²) in [7, 11) is 0. The van der Waals surface area contributed by atoms with Crippen LogP contribution in [0.3, 0.4) is 0 Å². The molecule has 0 fully saturated rings. The summed E-state index contributed by atoms with van der Waals surface area (Å²) in [5, 5.41) is 0. The average molecular weight is 160 g/mol. The number of hydrogen-bond acceptors (Lipinski definition) is 2. The molecule has 0 aliphatic carbocycles.